The lowest BCUT2D eigenvalue weighted by Crippen LogP contribution is -2.07. The zero-order valence-electron chi connectivity index (χ0n) is 6.38. The second-order valence-electron chi connectivity index (χ2n) is 2.48. The fourth-order valence-corrected chi connectivity index (χ4v) is 2.60. The molecule has 0 bridgehead atoms. The molecule has 0 aromatic heterocycles. The number of benzene rings is 1. The fraction of sp³-hybridized carbons (Fsp3) is 0.333. The summed E-state index contributed by atoms with van der Waals surface area (Å²) in [6, 6.07) is 10.4. The minimum Gasteiger partial charge on any atom is -0.0915 e. The lowest BCUT2D eigenvalue weighted by atomic mass is 10.1. The smallest absolute Gasteiger partial charge is 0.0528 e. The van der Waals surface area contributed by atoms with Crippen molar-refractivity contribution in [1.82, 2.24) is 0 Å². The van der Waals surface area contributed by atoms with Gasteiger partial charge in [-0.25, -0.2) is 0 Å². The van der Waals surface area contributed by atoms with Gasteiger partial charge < -0.3 is 0 Å². The van der Waals surface area contributed by atoms with Gasteiger partial charge in [-0.15, -0.1) is 0 Å². The van der Waals surface area contributed by atoms with E-state index in [1.165, 1.54) is 5.56 Å². The van der Waals surface area contributed by atoms with Gasteiger partial charge in [-0.3, -0.25) is 0 Å². The summed E-state index contributed by atoms with van der Waals surface area (Å²) in [5, 5.41) is 0.942. The summed E-state index contributed by atoms with van der Waals surface area (Å²) in [6.45, 7) is 0. The third kappa shape index (κ3) is 2.86. The van der Waals surface area contributed by atoms with Crippen molar-refractivity contribution in [3.8, 4) is 0 Å². The zero-order valence-corrected chi connectivity index (χ0v) is 11.1. The quantitative estimate of drug-likeness (QED) is 0.709. The third-order valence-corrected chi connectivity index (χ3v) is 5.88. The van der Waals surface area contributed by atoms with Gasteiger partial charge in [0.15, 0.2) is 0 Å². The summed E-state index contributed by atoms with van der Waals surface area (Å²) in [4.78, 5) is 0.804. The van der Waals surface area contributed by atoms with Crippen molar-refractivity contribution < 1.29 is 0 Å². The molecule has 2 atom stereocenters. The van der Waals surface area contributed by atoms with Crippen LogP contribution in [-0.4, -0.2) is 10.2 Å². The Labute approximate surface area is 98.1 Å². The number of halogens is 3. The zero-order chi connectivity index (χ0) is 8.97. The Bertz CT molecular complexity index is 222. The summed E-state index contributed by atoms with van der Waals surface area (Å²) in [5.41, 5.74) is 1.30. The van der Waals surface area contributed by atoms with Crippen molar-refractivity contribution in [3.05, 3.63) is 35.9 Å². The van der Waals surface area contributed by atoms with E-state index >= 15 is 0 Å². The van der Waals surface area contributed by atoms with E-state index < -0.39 is 0 Å². The van der Waals surface area contributed by atoms with Gasteiger partial charge in [0, 0.05) is 10.2 Å². The van der Waals surface area contributed by atoms with E-state index in [-0.39, 0.29) is 0 Å². The second kappa shape index (κ2) is 5.40. The van der Waals surface area contributed by atoms with Gasteiger partial charge in [0.25, 0.3) is 0 Å². The predicted octanol–water partition coefficient (Wildman–Crippen LogP) is 4.28. The molecule has 0 saturated carbocycles. The summed E-state index contributed by atoms with van der Waals surface area (Å²) in [7, 11) is 0. The molecule has 0 aliphatic carbocycles. The number of alkyl halides is 3. The molecule has 0 spiro atoms. The third-order valence-electron chi connectivity index (χ3n) is 1.58. The first-order valence-corrected chi connectivity index (χ1v) is 6.60. The van der Waals surface area contributed by atoms with Crippen LogP contribution in [0.4, 0.5) is 0 Å². The van der Waals surface area contributed by atoms with Crippen LogP contribution in [0.15, 0.2) is 30.3 Å². The predicted molar refractivity (Wildman–Crippen MR) is 64.6 cm³/mol. The van der Waals surface area contributed by atoms with Crippen molar-refractivity contribution in [2.75, 3.05) is 5.33 Å². The lowest BCUT2D eigenvalue weighted by Gasteiger charge is -2.14. The molecule has 0 aliphatic rings. The van der Waals surface area contributed by atoms with Crippen LogP contribution in [0.2, 0.25) is 0 Å². The van der Waals surface area contributed by atoms with Gasteiger partial charge in [0.05, 0.1) is 4.83 Å². The first-order chi connectivity index (χ1) is 5.75. The maximum Gasteiger partial charge on any atom is 0.0528 e. The summed E-state index contributed by atoms with van der Waals surface area (Å²) in [6.07, 6.45) is 0. The highest BCUT2D eigenvalue weighted by atomic mass is 79.9. The SMILES string of the molecule is BrC[C@H](Br)[C@@H](Br)c1ccccc1. The van der Waals surface area contributed by atoms with Gasteiger partial charge in [-0.05, 0) is 5.56 Å². The maximum atomic E-state index is 3.63. The molecule has 66 valence electrons. The summed E-state index contributed by atoms with van der Waals surface area (Å²) >= 11 is 10.7. The van der Waals surface area contributed by atoms with Crippen LogP contribution < -0.4 is 0 Å². The highest BCUT2D eigenvalue weighted by Crippen LogP contribution is 2.31. The average Bonchev–Trinajstić information content (AvgIpc) is 2.17. The molecule has 3 heteroatoms. The lowest BCUT2D eigenvalue weighted by molar-refractivity contribution is 0.965. The molecular weight excluding hydrogens is 348 g/mol. The minimum absolute atomic E-state index is 0.373. The van der Waals surface area contributed by atoms with Gasteiger partial charge >= 0.3 is 0 Å². The first-order valence-electron chi connectivity index (χ1n) is 3.64. The van der Waals surface area contributed by atoms with Crippen molar-refractivity contribution in [2.45, 2.75) is 9.65 Å². The number of rotatable bonds is 3. The van der Waals surface area contributed by atoms with Gasteiger partial charge in [0.2, 0.25) is 0 Å². The Morgan fingerprint density at radius 2 is 1.67 bits per heavy atom. The second-order valence-corrected chi connectivity index (χ2v) is 5.29. The Balaban J connectivity index is 2.71. The highest BCUT2D eigenvalue weighted by molar-refractivity contribution is 9.13. The Hall–Kier alpha value is 0.660. The van der Waals surface area contributed by atoms with E-state index in [9.17, 15) is 0 Å². The molecule has 0 aliphatic heterocycles. The van der Waals surface area contributed by atoms with Gasteiger partial charge in [-0.1, -0.05) is 78.1 Å². The molecule has 0 unspecified atom stereocenters. The first kappa shape index (κ1) is 10.7. The minimum atomic E-state index is 0.373. The molecule has 1 aromatic carbocycles. The van der Waals surface area contributed by atoms with Crippen LogP contribution in [-0.2, 0) is 0 Å². The van der Waals surface area contributed by atoms with Crippen molar-refractivity contribution in [3.63, 3.8) is 0 Å². The van der Waals surface area contributed by atoms with Crippen molar-refractivity contribution >= 4 is 47.8 Å². The van der Waals surface area contributed by atoms with E-state index in [1.54, 1.807) is 0 Å². The Morgan fingerprint density at radius 1 is 1.08 bits per heavy atom. The van der Waals surface area contributed by atoms with Gasteiger partial charge in [0.1, 0.15) is 0 Å². The van der Waals surface area contributed by atoms with E-state index in [4.69, 9.17) is 0 Å². The molecule has 0 radical (unpaired) electrons. The average molecular weight is 357 g/mol. The monoisotopic (exact) mass is 354 g/mol. The maximum absolute atomic E-state index is 3.63. The molecule has 0 fully saturated rings. The molecule has 1 aromatic rings. The molecule has 0 amide bonds. The fourth-order valence-electron chi connectivity index (χ4n) is 0.924. The van der Waals surface area contributed by atoms with E-state index in [2.05, 4.69) is 72.1 Å². The van der Waals surface area contributed by atoms with Crippen molar-refractivity contribution in [2.24, 2.45) is 0 Å². The van der Waals surface area contributed by atoms with Crippen LogP contribution in [0.1, 0.15) is 10.4 Å². The molecular formula is C9H9Br3. The summed E-state index contributed by atoms with van der Waals surface area (Å²) < 4.78 is 0. The van der Waals surface area contributed by atoms with E-state index in [0.29, 0.717) is 9.65 Å². The molecule has 1 rings (SSSR count). The van der Waals surface area contributed by atoms with Crippen LogP contribution in [0, 0.1) is 0 Å². The largest absolute Gasteiger partial charge is 0.0915 e. The normalized spacial score (nSPS) is 15.6. The van der Waals surface area contributed by atoms with E-state index in [1.807, 2.05) is 6.07 Å². The molecule has 12 heavy (non-hydrogen) atoms. The molecule has 0 saturated heterocycles. The highest BCUT2D eigenvalue weighted by Gasteiger charge is 2.15. The van der Waals surface area contributed by atoms with E-state index in [0.717, 1.165) is 5.33 Å². The van der Waals surface area contributed by atoms with Crippen molar-refractivity contribution in [1.29, 1.82) is 0 Å². The number of hydrogen-bond donors (Lipinski definition) is 0. The Kier molecular flexibility index (Phi) is 4.84. The van der Waals surface area contributed by atoms with Gasteiger partial charge in [-0.2, -0.15) is 0 Å². The Morgan fingerprint density at radius 3 is 2.17 bits per heavy atom. The van der Waals surface area contributed by atoms with Crippen LogP contribution in [0.3, 0.4) is 0 Å². The number of hydrogen-bond acceptors (Lipinski definition) is 0. The molecule has 0 nitrogen and oxygen atoms in total. The van der Waals surface area contributed by atoms with Crippen LogP contribution in [0.5, 0.6) is 0 Å². The van der Waals surface area contributed by atoms with Crippen LogP contribution >= 0.6 is 47.8 Å². The molecule has 0 heterocycles. The molecule has 0 N–H and O–H groups in total. The van der Waals surface area contributed by atoms with Crippen LogP contribution in [0.25, 0.3) is 0 Å². The topological polar surface area (TPSA) is 0 Å². The standard InChI is InChI=1S/C9H9Br3/c10-6-8(11)9(12)7-4-2-1-3-5-7/h1-5,8-9H,6H2/t8-,9-/m0/s1. The summed E-state index contributed by atoms with van der Waals surface area (Å²) in [5.74, 6) is 0.